The molecule has 2 aromatic rings. The number of hydrogen-bond acceptors (Lipinski definition) is 5. The topological polar surface area (TPSA) is 79.2 Å². The first-order chi connectivity index (χ1) is 14.6. The van der Waals surface area contributed by atoms with Crippen LogP contribution in [0, 0.1) is 5.41 Å². The van der Waals surface area contributed by atoms with Gasteiger partial charge in [0.2, 0.25) is 0 Å². The summed E-state index contributed by atoms with van der Waals surface area (Å²) in [5.74, 6) is -0.869. The van der Waals surface area contributed by atoms with E-state index in [1.54, 1.807) is 30.3 Å². The third-order valence-electron chi connectivity index (χ3n) is 5.48. The molecule has 0 saturated carbocycles. The van der Waals surface area contributed by atoms with E-state index >= 15 is 0 Å². The highest BCUT2D eigenvalue weighted by atomic mass is 19.4. The first kappa shape index (κ1) is 22.9. The Kier molecular flexibility index (Phi) is 6.76. The van der Waals surface area contributed by atoms with Crippen LogP contribution in [0.2, 0.25) is 0 Å². The first-order valence-corrected chi connectivity index (χ1v) is 9.73. The van der Waals surface area contributed by atoms with Crippen LogP contribution in [0.5, 0.6) is 11.5 Å². The van der Waals surface area contributed by atoms with Crippen LogP contribution in [0.4, 0.5) is 13.2 Å². The van der Waals surface area contributed by atoms with Gasteiger partial charge in [0, 0.05) is 19.6 Å². The zero-order chi connectivity index (χ0) is 22.6. The number of carboxylic acids is 1. The summed E-state index contributed by atoms with van der Waals surface area (Å²) in [6.07, 6.45) is -5.53. The molecule has 0 radical (unpaired) electrons. The normalized spacial score (nSPS) is 22.2. The molecule has 9 heteroatoms. The number of likely N-dealkylation sites (tertiary alicyclic amines) is 1. The van der Waals surface area contributed by atoms with Crippen LogP contribution in [0.3, 0.4) is 0 Å². The zero-order valence-corrected chi connectivity index (χ0v) is 16.9. The minimum Gasteiger partial charge on any atom is -0.497 e. The van der Waals surface area contributed by atoms with Gasteiger partial charge in [-0.1, -0.05) is 24.3 Å². The number of aliphatic hydroxyl groups is 1. The van der Waals surface area contributed by atoms with E-state index in [1.807, 2.05) is 4.90 Å². The van der Waals surface area contributed by atoms with Crippen LogP contribution in [-0.2, 0) is 17.8 Å². The Bertz CT molecular complexity index is 920. The van der Waals surface area contributed by atoms with Gasteiger partial charge in [0.05, 0.1) is 13.2 Å². The van der Waals surface area contributed by atoms with E-state index < -0.39 is 23.9 Å². The quantitative estimate of drug-likeness (QED) is 0.688. The van der Waals surface area contributed by atoms with E-state index in [4.69, 9.17) is 4.74 Å². The van der Waals surface area contributed by atoms with Crippen molar-refractivity contribution < 1.29 is 37.7 Å². The summed E-state index contributed by atoms with van der Waals surface area (Å²) in [6.45, 7) is 0.693. The predicted octanol–water partition coefficient (Wildman–Crippen LogP) is 3.47. The number of aliphatic hydroxyl groups excluding tert-OH is 1. The van der Waals surface area contributed by atoms with E-state index in [2.05, 4.69) is 4.74 Å². The van der Waals surface area contributed by atoms with Crippen LogP contribution in [0.25, 0.3) is 0 Å². The van der Waals surface area contributed by atoms with Crippen LogP contribution >= 0.6 is 0 Å². The van der Waals surface area contributed by atoms with Gasteiger partial charge in [-0.2, -0.15) is 0 Å². The third-order valence-corrected chi connectivity index (χ3v) is 5.48. The molecule has 168 valence electrons. The van der Waals surface area contributed by atoms with Gasteiger partial charge in [0.25, 0.3) is 0 Å². The minimum absolute atomic E-state index is 0.0467. The average Bonchev–Trinajstić information content (AvgIpc) is 2.69. The van der Waals surface area contributed by atoms with Crippen LogP contribution in [0.15, 0.2) is 48.5 Å². The number of halogens is 3. The molecule has 0 aromatic heterocycles. The molecular formula is C22H24F3NO5. The zero-order valence-electron chi connectivity index (χ0n) is 16.9. The summed E-state index contributed by atoms with van der Waals surface area (Å²) in [7, 11) is 1.51. The minimum atomic E-state index is -4.79. The van der Waals surface area contributed by atoms with Gasteiger partial charge in [-0.15, -0.1) is 13.2 Å². The Balaban J connectivity index is 1.80. The van der Waals surface area contributed by atoms with Gasteiger partial charge >= 0.3 is 12.3 Å². The van der Waals surface area contributed by atoms with E-state index in [0.717, 1.165) is 0 Å². The maximum Gasteiger partial charge on any atom is 0.573 e. The Hall–Kier alpha value is -2.78. The molecule has 1 fully saturated rings. The maximum absolute atomic E-state index is 12.5. The van der Waals surface area contributed by atoms with E-state index in [1.165, 1.54) is 25.3 Å². The summed E-state index contributed by atoms with van der Waals surface area (Å²) in [5, 5.41) is 20.7. The lowest BCUT2D eigenvalue weighted by Gasteiger charge is -2.43. The fourth-order valence-corrected chi connectivity index (χ4v) is 4.00. The molecule has 3 rings (SSSR count). The van der Waals surface area contributed by atoms with E-state index in [0.29, 0.717) is 23.4 Å². The number of piperidine rings is 1. The number of carboxylic acid groups (broad SMARTS) is 1. The molecule has 0 bridgehead atoms. The van der Waals surface area contributed by atoms with Gasteiger partial charge < -0.3 is 19.7 Å². The molecule has 1 saturated heterocycles. The molecule has 2 N–H and O–H groups in total. The second-order valence-corrected chi connectivity index (χ2v) is 7.70. The van der Waals surface area contributed by atoms with E-state index in [9.17, 15) is 28.2 Å². The molecule has 0 amide bonds. The van der Waals surface area contributed by atoms with Gasteiger partial charge in [-0.25, -0.2) is 0 Å². The highest BCUT2D eigenvalue weighted by Gasteiger charge is 2.49. The van der Waals surface area contributed by atoms with Crippen molar-refractivity contribution in [2.75, 3.05) is 20.2 Å². The smallest absolute Gasteiger partial charge is 0.497 e. The van der Waals surface area contributed by atoms with Crippen LogP contribution in [-0.4, -0.2) is 53.7 Å². The Morgan fingerprint density at radius 3 is 2.45 bits per heavy atom. The SMILES string of the molecule is COc1cccc(C[C@@]2(C(=O)O)CN(Cc3cccc(OC(F)(F)F)c3)CC[C@H]2O)c1. The molecular weight excluding hydrogens is 415 g/mol. The molecule has 2 aromatic carbocycles. The Labute approximate surface area is 177 Å². The van der Waals surface area contributed by atoms with Crippen molar-refractivity contribution in [3.8, 4) is 11.5 Å². The number of alkyl halides is 3. The Morgan fingerprint density at radius 1 is 1.16 bits per heavy atom. The highest BCUT2D eigenvalue weighted by molar-refractivity contribution is 5.76. The standard InChI is InChI=1S/C22H24F3NO5/c1-30-17-6-2-4-15(10-17)12-21(20(28)29)14-26(9-8-19(21)27)13-16-5-3-7-18(11-16)31-22(23,24)25/h2-7,10-11,19,27H,8-9,12-14H2,1H3,(H,28,29)/t19-,21-/m1/s1. The maximum atomic E-state index is 12.5. The lowest BCUT2D eigenvalue weighted by atomic mass is 9.72. The summed E-state index contributed by atoms with van der Waals surface area (Å²) in [4.78, 5) is 14.1. The largest absolute Gasteiger partial charge is 0.573 e. The molecule has 0 unspecified atom stereocenters. The van der Waals surface area contributed by atoms with Gasteiger partial charge in [-0.3, -0.25) is 9.69 Å². The van der Waals surface area contributed by atoms with Crippen molar-refractivity contribution in [1.29, 1.82) is 0 Å². The van der Waals surface area contributed by atoms with Crippen molar-refractivity contribution in [1.82, 2.24) is 4.90 Å². The molecule has 1 heterocycles. The van der Waals surface area contributed by atoms with Crippen molar-refractivity contribution in [2.24, 2.45) is 5.41 Å². The number of methoxy groups -OCH3 is 1. The number of benzene rings is 2. The van der Waals surface area contributed by atoms with Crippen LogP contribution < -0.4 is 9.47 Å². The third kappa shape index (κ3) is 5.68. The van der Waals surface area contributed by atoms with Gasteiger partial charge in [-0.05, 0) is 48.2 Å². The molecule has 6 nitrogen and oxygen atoms in total. The number of nitrogens with zero attached hydrogens (tertiary/aromatic N) is 1. The van der Waals surface area contributed by atoms with Gasteiger partial charge in [0.1, 0.15) is 16.9 Å². The van der Waals surface area contributed by atoms with Crippen molar-refractivity contribution in [2.45, 2.75) is 31.9 Å². The average molecular weight is 439 g/mol. The van der Waals surface area contributed by atoms with E-state index in [-0.39, 0.29) is 31.7 Å². The lowest BCUT2D eigenvalue weighted by molar-refractivity contribution is -0.274. The summed E-state index contributed by atoms with van der Waals surface area (Å²) in [5.41, 5.74) is -0.188. The molecule has 1 aliphatic rings. The summed E-state index contributed by atoms with van der Waals surface area (Å²) < 4.78 is 46.6. The van der Waals surface area contributed by atoms with Crippen molar-refractivity contribution >= 4 is 5.97 Å². The highest BCUT2D eigenvalue weighted by Crippen LogP contribution is 2.36. The number of aliphatic carboxylic acids is 1. The summed E-state index contributed by atoms with van der Waals surface area (Å²) >= 11 is 0. The molecule has 0 spiro atoms. The fraction of sp³-hybridized carbons (Fsp3) is 0.409. The number of rotatable bonds is 7. The molecule has 2 atom stereocenters. The lowest BCUT2D eigenvalue weighted by Crippen LogP contribution is -2.56. The number of carbonyl (C=O) groups is 1. The molecule has 1 aliphatic heterocycles. The predicted molar refractivity (Wildman–Crippen MR) is 106 cm³/mol. The van der Waals surface area contributed by atoms with Crippen molar-refractivity contribution in [3.05, 3.63) is 59.7 Å². The molecule has 31 heavy (non-hydrogen) atoms. The van der Waals surface area contributed by atoms with Gasteiger partial charge in [0.15, 0.2) is 0 Å². The molecule has 0 aliphatic carbocycles. The van der Waals surface area contributed by atoms with Crippen molar-refractivity contribution in [3.63, 3.8) is 0 Å². The summed E-state index contributed by atoms with van der Waals surface area (Å²) in [6, 6.07) is 12.6. The van der Waals surface area contributed by atoms with Crippen LogP contribution in [0.1, 0.15) is 17.5 Å². The number of hydrogen-bond donors (Lipinski definition) is 2. The Morgan fingerprint density at radius 2 is 1.81 bits per heavy atom. The fourth-order valence-electron chi connectivity index (χ4n) is 4.00. The second-order valence-electron chi connectivity index (χ2n) is 7.70. The number of ether oxygens (including phenoxy) is 2. The first-order valence-electron chi connectivity index (χ1n) is 9.73. The monoisotopic (exact) mass is 439 g/mol. The second kappa shape index (κ2) is 9.15.